The number of aromatic nitrogens is 2. The third kappa shape index (κ3) is 3.19. The van der Waals surface area contributed by atoms with Crippen molar-refractivity contribution >= 4 is 11.0 Å². The molecule has 0 aliphatic heterocycles. The number of fused-ring (bicyclic) bond motifs is 1. The van der Waals surface area contributed by atoms with E-state index in [2.05, 4.69) is 49.0 Å². The molecule has 0 saturated carbocycles. The predicted octanol–water partition coefficient (Wildman–Crippen LogP) is 2.52. The Morgan fingerprint density at radius 2 is 2.05 bits per heavy atom. The van der Waals surface area contributed by atoms with Gasteiger partial charge in [-0.25, -0.2) is 4.98 Å². The Bertz CT molecular complexity index is 574. The second-order valence-electron chi connectivity index (χ2n) is 5.93. The lowest BCUT2D eigenvalue weighted by atomic mass is 9.96. The molecule has 2 aromatic rings. The smallest absolute Gasteiger partial charge is 0.111 e. The summed E-state index contributed by atoms with van der Waals surface area (Å²) in [5.41, 5.74) is 2.12. The molecule has 0 bridgehead atoms. The summed E-state index contributed by atoms with van der Waals surface area (Å²) < 4.78 is 7.71. The van der Waals surface area contributed by atoms with E-state index in [0.29, 0.717) is 6.04 Å². The molecule has 0 radical (unpaired) electrons. The fourth-order valence-corrected chi connectivity index (χ4v) is 2.55. The standard InChI is InChI=1S/C16H25N3O/c1-16(2,20-5)11-12(17-3)10-15-18-13-8-6-7-9-14(13)19(15)4/h6-9,12,17H,10-11H2,1-5H3. The second-order valence-corrected chi connectivity index (χ2v) is 5.93. The van der Waals surface area contributed by atoms with Crippen molar-refractivity contribution < 1.29 is 4.74 Å². The van der Waals surface area contributed by atoms with Gasteiger partial charge in [-0.15, -0.1) is 0 Å². The molecule has 2 rings (SSSR count). The summed E-state index contributed by atoms with van der Waals surface area (Å²) >= 11 is 0. The van der Waals surface area contributed by atoms with Crippen LogP contribution in [0.4, 0.5) is 0 Å². The molecule has 0 saturated heterocycles. The summed E-state index contributed by atoms with van der Waals surface area (Å²) in [5, 5.41) is 3.38. The van der Waals surface area contributed by atoms with E-state index in [1.54, 1.807) is 7.11 Å². The normalized spacial score (nSPS) is 13.8. The molecule has 20 heavy (non-hydrogen) atoms. The molecule has 1 unspecified atom stereocenters. The van der Waals surface area contributed by atoms with Crippen LogP contribution in [0.2, 0.25) is 0 Å². The molecule has 0 fully saturated rings. The van der Waals surface area contributed by atoms with E-state index in [-0.39, 0.29) is 5.60 Å². The maximum atomic E-state index is 5.53. The van der Waals surface area contributed by atoms with Gasteiger partial charge in [0, 0.05) is 26.6 Å². The van der Waals surface area contributed by atoms with Crippen LogP contribution in [0.1, 0.15) is 26.1 Å². The second kappa shape index (κ2) is 5.94. The summed E-state index contributed by atoms with van der Waals surface area (Å²) in [4.78, 5) is 4.74. The number of nitrogens with one attached hydrogen (secondary N) is 1. The number of ether oxygens (including phenoxy) is 1. The van der Waals surface area contributed by atoms with Crippen LogP contribution in [0.3, 0.4) is 0 Å². The van der Waals surface area contributed by atoms with Crippen molar-refractivity contribution in [3.05, 3.63) is 30.1 Å². The van der Waals surface area contributed by atoms with E-state index < -0.39 is 0 Å². The van der Waals surface area contributed by atoms with E-state index in [0.717, 1.165) is 24.2 Å². The van der Waals surface area contributed by atoms with E-state index in [1.165, 1.54) is 5.52 Å². The molecule has 110 valence electrons. The zero-order chi connectivity index (χ0) is 14.8. The first-order valence-electron chi connectivity index (χ1n) is 7.09. The van der Waals surface area contributed by atoms with Crippen molar-refractivity contribution in [1.82, 2.24) is 14.9 Å². The van der Waals surface area contributed by atoms with Gasteiger partial charge in [-0.3, -0.25) is 0 Å². The Hall–Kier alpha value is -1.39. The molecule has 1 N–H and O–H groups in total. The SMILES string of the molecule is CNC(Cc1nc2ccccc2n1C)CC(C)(C)OC. The van der Waals surface area contributed by atoms with Crippen molar-refractivity contribution in [1.29, 1.82) is 0 Å². The molecule has 0 aliphatic carbocycles. The first-order chi connectivity index (χ1) is 9.46. The van der Waals surface area contributed by atoms with Gasteiger partial charge in [0.25, 0.3) is 0 Å². The Morgan fingerprint density at radius 1 is 1.35 bits per heavy atom. The first-order valence-corrected chi connectivity index (χ1v) is 7.09. The van der Waals surface area contributed by atoms with Crippen LogP contribution in [0, 0.1) is 0 Å². The zero-order valence-corrected chi connectivity index (χ0v) is 13.1. The molecule has 0 spiro atoms. The van der Waals surface area contributed by atoms with Crippen LogP contribution >= 0.6 is 0 Å². The number of para-hydroxylation sites is 2. The average molecular weight is 275 g/mol. The Kier molecular flexibility index (Phi) is 4.45. The zero-order valence-electron chi connectivity index (χ0n) is 13.1. The highest BCUT2D eigenvalue weighted by Crippen LogP contribution is 2.20. The van der Waals surface area contributed by atoms with Gasteiger partial charge in [-0.05, 0) is 39.4 Å². The van der Waals surface area contributed by atoms with Crippen LogP contribution in [-0.2, 0) is 18.2 Å². The predicted molar refractivity (Wildman–Crippen MR) is 83.0 cm³/mol. The van der Waals surface area contributed by atoms with Crippen molar-refractivity contribution in [2.75, 3.05) is 14.2 Å². The summed E-state index contributed by atoms with van der Waals surface area (Å²) in [5.74, 6) is 1.11. The Morgan fingerprint density at radius 3 is 2.65 bits per heavy atom. The maximum Gasteiger partial charge on any atom is 0.111 e. The molecule has 1 aromatic carbocycles. The van der Waals surface area contributed by atoms with E-state index in [9.17, 15) is 0 Å². The van der Waals surface area contributed by atoms with E-state index in [1.807, 2.05) is 13.1 Å². The highest BCUT2D eigenvalue weighted by molar-refractivity contribution is 5.75. The monoisotopic (exact) mass is 275 g/mol. The summed E-state index contributed by atoms with van der Waals surface area (Å²) in [6.45, 7) is 4.23. The van der Waals surface area contributed by atoms with Gasteiger partial charge < -0.3 is 14.6 Å². The number of hydrogen-bond donors (Lipinski definition) is 1. The number of likely N-dealkylation sites (N-methyl/N-ethyl adjacent to an activating group) is 1. The Labute approximate surface area is 121 Å². The average Bonchev–Trinajstić information content (AvgIpc) is 2.75. The minimum Gasteiger partial charge on any atom is -0.379 e. The summed E-state index contributed by atoms with van der Waals surface area (Å²) in [6.07, 6.45) is 1.84. The molecule has 1 atom stereocenters. The van der Waals surface area contributed by atoms with Crippen LogP contribution in [0.25, 0.3) is 11.0 Å². The minimum atomic E-state index is -0.127. The molecular weight excluding hydrogens is 250 g/mol. The van der Waals surface area contributed by atoms with Gasteiger partial charge in [-0.1, -0.05) is 12.1 Å². The molecule has 1 aromatic heterocycles. The lowest BCUT2D eigenvalue weighted by molar-refractivity contribution is 0.00755. The van der Waals surface area contributed by atoms with E-state index >= 15 is 0 Å². The number of methoxy groups -OCH3 is 1. The van der Waals surface area contributed by atoms with Gasteiger partial charge in [-0.2, -0.15) is 0 Å². The lowest BCUT2D eigenvalue weighted by Gasteiger charge is -2.28. The van der Waals surface area contributed by atoms with Crippen LogP contribution < -0.4 is 5.32 Å². The van der Waals surface area contributed by atoms with Crippen LogP contribution in [0.15, 0.2) is 24.3 Å². The third-order valence-electron chi connectivity index (χ3n) is 4.01. The van der Waals surface area contributed by atoms with Gasteiger partial charge in [0.05, 0.1) is 16.6 Å². The third-order valence-corrected chi connectivity index (χ3v) is 4.01. The maximum absolute atomic E-state index is 5.53. The number of aryl methyl sites for hydroxylation is 1. The molecular formula is C16H25N3O. The lowest BCUT2D eigenvalue weighted by Crippen LogP contribution is -2.37. The highest BCUT2D eigenvalue weighted by atomic mass is 16.5. The van der Waals surface area contributed by atoms with Crippen LogP contribution in [0.5, 0.6) is 0 Å². The number of imidazole rings is 1. The number of benzene rings is 1. The molecule has 0 amide bonds. The number of hydrogen-bond acceptors (Lipinski definition) is 3. The van der Waals surface area contributed by atoms with Gasteiger partial charge in [0.1, 0.15) is 5.82 Å². The quantitative estimate of drug-likeness (QED) is 0.880. The largest absolute Gasteiger partial charge is 0.379 e. The van der Waals surface area contributed by atoms with Gasteiger partial charge in [0.15, 0.2) is 0 Å². The number of rotatable bonds is 6. The van der Waals surface area contributed by atoms with Gasteiger partial charge in [0.2, 0.25) is 0 Å². The van der Waals surface area contributed by atoms with Crippen molar-refractivity contribution in [3.63, 3.8) is 0 Å². The molecule has 0 aliphatic rings. The van der Waals surface area contributed by atoms with E-state index in [4.69, 9.17) is 9.72 Å². The first kappa shape index (κ1) is 15.0. The topological polar surface area (TPSA) is 39.1 Å². The summed E-state index contributed by atoms with van der Waals surface area (Å²) in [6, 6.07) is 8.60. The van der Waals surface area contributed by atoms with Crippen LogP contribution in [-0.4, -0.2) is 35.4 Å². The van der Waals surface area contributed by atoms with Gasteiger partial charge >= 0.3 is 0 Å². The molecule has 1 heterocycles. The van der Waals surface area contributed by atoms with Crippen molar-refractivity contribution in [2.24, 2.45) is 7.05 Å². The fraction of sp³-hybridized carbons (Fsp3) is 0.562. The summed E-state index contributed by atoms with van der Waals surface area (Å²) in [7, 11) is 5.85. The molecule has 4 heteroatoms. The molecule has 4 nitrogen and oxygen atoms in total. The van der Waals surface area contributed by atoms with Crippen molar-refractivity contribution in [2.45, 2.75) is 38.3 Å². The Balaban J connectivity index is 2.19. The number of nitrogens with zero attached hydrogens (tertiary/aromatic N) is 2. The van der Waals surface area contributed by atoms with Crippen molar-refractivity contribution in [3.8, 4) is 0 Å². The fourth-order valence-electron chi connectivity index (χ4n) is 2.55. The minimum absolute atomic E-state index is 0.127. The highest BCUT2D eigenvalue weighted by Gasteiger charge is 2.23.